The summed E-state index contributed by atoms with van der Waals surface area (Å²) in [6.45, 7) is 6.23. The number of amides is 1. The number of rotatable bonds is 3. The van der Waals surface area contributed by atoms with E-state index in [1.807, 2.05) is 20.8 Å². The maximum Gasteiger partial charge on any atom is 0.410 e. The van der Waals surface area contributed by atoms with Gasteiger partial charge in [-0.2, -0.15) is 0 Å². The lowest BCUT2D eigenvalue weighted by molar-refractivity contribution is 0.000121. The van der Waals surface area contributed by atoms with Gasteiger partial charge < -0.3 is 14.7 Å². The van der Waals surface area contributed by atoms with Crippen LogP contribution in [0.5, 0.6) is 0 Å². The molecule has 106 valence electrons. The Labute approximate surface area is 108 Å². The molecule has 0 bridgehead atoms. The van der Waals surface area contributed by atoms with Gasteiger partial charge in [-0.25, -0.2) is 9.18 Å². The molecule has 0 aromatic carbocycles. The number of aliphatic hydroxyl groups is 1. The van der Waals surface area contributed by atoms with Gasteiger partial charge in [-0.15, -0.1) is 0 Å². The largest absolute Gasteiger partial charge is 0.444 e. The molecular formula is C13H24FNO3. The first-order valence-corrected chi connectivity index (χ1v) is 6.53. The molecule has 0 radical (unpaired) electrons. The zero-order valence-electron chi connectivity index (χ0n) is 11.5. The molecule has 18 heavy (non-hydrogen) atoms. The molecular weight excluding hydrogens is 237 g/mol. The van der Waals surface area contributed by atoms with Crippen LogP contribution in [0.3, 0.4) is 0 Å². The number of carbonyl (C=O) groups excluding carboxylic acids is 1. The van der Waals surface area contributed by atoms with Crippen molar-refractivity contribution in [2.75, 3.05) is 19.7 Å². The summed E-state index contributed by atoms with van der Waals surface area (Å²) in [4.78, 5) is 13.3. The van der Waals surface area contributed by atoms with Gasteiger partial charge in [0.25, 0.3) is 0 Å². The summed E-state index contributed by atoms with van der Waals surface area (Å²) in [6.07, 6.45) is 1.12. The Bertz CT molecular complexity index is 280. The molecule has 1 rings (SSSR count). The van der Waals surface area contributed by atoms with Crippen molar-refractivity contribution in [2.24, 2.45) is 0 Å². The van der Waals surface area contributed by atoms with Crippen molar-refractivity contribution >= 4 is 6.09 Å². The number of ether oxygens (including phenoxy) is 1. The first kappa shape index (κ1) is 15.2. The van der Waals surface area contributed by atoms with Crippen LogP contribution < -0.4 is 0 Å². The molecule has 0 aromatic rings. The Kier molecular flexibility index (Phi) is 4.96. The quantitative estimate of drug-likeness (QED) is 0.849. The van der Waals surface area contributed by atoms with E-state index in [-0.39, 0.29) is 12.7 Å². The topological polar surface area (TPSA) is 49.8 Å². The van der Waals surface area contributed by atoms with Crippen molar-refractivity contribution in [2.45, 2.75) is 57.7 Å². The van der Waals surface area contributed by atoms with Crippen molar-refractivity contribution in [3.05, 3.63) is 0 Å². The molecule has 1 heterocycles. The summed E-state index contributed by atoms with van der Waals surface area (Å²) in [5.41, 5.74) is -1.75. The van der Waals surface area contributed by atoms with Crippen LogP contribution in [-0.2, 0) is 4.74 Å². The summed E-state index contributed by atoms with van der Waals surface area (Å²) in [5, 5.41) is 8.73. The monoisotopic (exact) mass is 261 g/mol. The van der Waals surface area contributed by atoms with E-state index in [4.69, 9.17) is 9.84 Å². The van der Waals surface area contributed by atoms with Gasteiger partial charge in [-0.1, -0.05) is 0 Å². The van der Waals surface area contributed by atoms with Crippen LogP contribution in [0.25, 0.3) is 0 Å². The molecule has 0 aromatic heterocycles. The first-order valence-electron chi connectivity index (χ1n) is 6.53. The average Bonchev–Trinajstić information content (AvgIpc) is 2.25. The zero-order chi connectivity index (χ0) is 13.8. The maximum absolute atomic E-state index is 14.2. The van der Waals surface area contributed by atoms with E-state index in [9.17, 15) is 9.18 Å². The van der Waals surface area contributed by atoms with Gasteiger partial charge in [0.15, 0.2) is 0 Å². The third kappa shape index (κ3) is 4.80. The van der Waals surface area contributed by atoms with E-state index >= 15 is 0 Å². The predicted molar refractivity (Wildman–Crippen MR) is 67.2 cm³/mol. The van der Waals surface area contributed by atoms with Gasteiger partial charge in [0, 0.05) is 19.7 Å². The van der Waals surface area contributed by atoms with Crippen molar-refractivity contribution in [1.29, 1.82) is 0 Å². The van der Waals surface area contributed by atoms with Gasteiger partial charge in [0.05, 0.1) is 0 Å². The highest BCUT2D eigenvalue weighted by Crippen LogP contribution is 2.31. The Morgan fingerprint density at radius 3 is 2.39 bits per heavy atom. The van der Waals surface area contributed by atoms with Crippen molar-refractivity contribution in [3.8, 4) is 0 Å². The second-order valence-electron chi connectivity index (χ2n) is 5.95. The number of likely N-dealkylation sites (tertiary alicyclic amines) is 1. The fraction of sp³-hybridized carbons (Fsp3) is 0.923. The number of nitrogens with zero attached hydrogens (tertiary/aromatic N) is 1. The number of carbonyl (C=O) groups is 1. The molecule has 1 aliphatic heterocycles. The Hall–Kier alpha value is -0.840. The number of aliphatic hydroxyl groups excluding tert-OH is 1. The minimum absolute atomic E-state index is 0.0153. The lowest BCUT2D eigenvalue weighted by Gasteiger charge is -2.37. The molecule has 0 aliphatic carbocycles. The highest BCUT2D eigenvalue weighted by Gasteiger charge is 2.36. The molecule has 0 spiro atoms. The van der Waals surface area contributed by atoms with Gasteiger partial charge in [0.2, 0.25) is 0 Å². The van der Waals surface area contributed by atoms with E-state index in [1.54, 1.807) is 4.90 Å². The van der Waals surface area contributed by atoms with Crippen molar-refractivity contribution in [3.63, 3.8) is 0 Å². The number of hydrogen-bond acceptors (Lipinski definition) is 3. The Morgan fingerprint density at radius 2 is 1.94 bits per heavy atom. The van der Waals surface area contributed by atoms with Crippen LogP contribution in [0.1, 0.15) is 46.5 Å². The van der Waals surface area contributed by atoms with Gasteiger partial charge in [0.1, 0.15) is 11.3 Å². The molecule has 1 amide bonds. The highest BCUT2D eigenvalue weighted by atomic mass is 19.1. The van der Waals surface area contributed by atoms with E-state index < -0.39 is 11.3 Å². The molecule has 5 heteroatoms. The molecule has 1 aliphatic rings. The van der Waals surface area contributed by atoms with Gasteiger partial charge >= 0.3 is 6.09 Å². The van der Waals surface area contributed by atoms with Crippen molar-refractivity contribution < 1.29 is 19.0 Å². The molecule has 0 atom stereocenters. The third-order valence-electron chi connectivity index (χ3n) is 3.09. The molecule has 1 fully saturated rings. The SMILES string of the molecule is CC(C)(C)OC(=O)N1CCC(F)(CCCO)CC1. The molecule has 4 nitrogen and oxygen atoms in total. The number of alkyl halides is 1. The second kappa shape index (κ2) is 5.87. The maximum atomic E-state index is 14.2. The Balaban J connectivity index is 2.41. The zero-order valence-corrected chi connectivity index (χ0v) is 11.5. The lowest BCUT2D eigenvalue weighted by atomic mass is 9.89. The highest BCUT2D eigenvalue weighted by molar-refractivity contribution is 5.68. The van der Waals surface area contributed by atoms with E-state index in [1.165, 1.54) is 0 Å². The van der Waals surface area contributed by atoms with Gasteiger partial charge in [-0.3, -0.25) is 0 Å². The van der Waals surface area contributed by atoms with Crippen molar-refractivity contribution in [1.82, 2.24) is 4.90 Å². The van der Waals surface area contributed by atoms with E-state index in [0.717, 1.165) is 0 Å². The van der Waals surface area contributed by atoms with Crippen LogP contribution in [0, 0.1) is 0 Å². The average molecular weight is 261 g/mol. The van der Waals surface area contributed by atoms with Crippen LogP contribution >= 0.6 is 0 Å². The van der Waals surface area contributed by atoms with Crippen LogP contribution in [0.2, 0.25) is 0 Å². The normalized spacial score (nSPS) is 19.7. The van der Waals surface area contributed by atoms with Crippen LogP contribution in [0.15, 0.2) is 0 Å². The number of piperidine rings is 1. The summed E-state index contributed by atoms with van der Waals surface area (Å²) >= 11 is 0. The van der Waals surface area contributed by atoms with Crippen LogP contribution in [-0.4, -0.2) is 47.1 Å². The minimum atomic E-state index is -1.23. The molecule has 0 unspecified atom stereocenters. The fourth-order valence-electron chi connectivity index (χ4n) is 2.06. The van der Waals surface area contributed by atoms with Crippen LogP contribution in [0.4, 0.5) is 9.18 Å². The predicted octanol–water partition coefficient (Wildman–Crippen LogP) is 2.50. The molecule has 1 saturated heterocycles. The lowest BCUT2D eigenvalue weighted by Crippen LogP contribution is -2.46. The first-order chi connectivity index (χ1) is 8.26. The fourth-order valence-corrected chi connectivity index (χ4v) is 2.06. The smallest absolute Gasteiger partial charge is 0.410 e. The summed E-state index contributed by atoms with van der Waals surface area (Å²) in [6, 6.07) is 0. The number of hydrogen-bond donors (Lipinski definition) is 1. The molecule has 0 saturated carbocycles. The standard InChI is InChI=1S/C13H24FNO3/c1-12(2,3)18-11(17)15-8-6-13(14,7-9-15)5-4-10-16/h16H,4-10H2,1-3H3. The van der Waals surface area contributed by atoms with E-state index in [0.29, 0.717) is 38.8 Å². The number of halogens is 1. The summed E-state index contributed by atoms with van der Waals surface area (Å²) in [5.74, 6) is 0. The summed E-state index contributed by atoms with van der Waals surface area (Å²) in [7, 11) is 0. The van der Waals surface area contributed by atoms with Gasteiger partial charge in [-0.05, 0) is 46.5 Å². The molecule has 1 N–H and O–H groups in total. The van der Waals surface area contributed by atoms with E-state index in [2.05, 4.69) is 0 Å². The minimum Gasteiger partial charge on any atom is -0.444 e. The Morgan fingerprint density at radius 1 is 1.39 bits per heavy atom. The summed E-state index contributed by atoms with van der Waals surface area (Å²) < 4.78 is 19.5. The third-order valence-corrected chi connectivity index (χ3v) is 3.09. The second-order valence-corrected chi connectivity index (χ2v) is 5.95.